The Hall–Kier alpha value is -1.27. The Kier molecular flexibility index (Phi) is 5.97. The molecule has 6 heteroatoms. The van der Waals surface area contributed by atoms with Crippen LogP contribution in [-0.4, -0.2) is 54.3 Å². The fourth-order valence-corrected chi connectivity index (χ4v) is 2.41. The van der Waals surface area contributed by atoms with Gasteiger partial charge < -0.3 is 15.0 Å². The van der Waals surface area contributed by atoms with Crippen LogP contribution in [0.25, 0.3) is 0 Å². The molecule has 0 unspecified atom stereocenters. The quantitative estimate of drug-likeness (QED) is 0.605. The van der Waals surface area contributed by atoms with Crippen LogP contribution >= 0.6 is 11.8 Å². The minimum Gasteiger partial charge on any atom is -0.378 e. The van der Waals surface area contributed by atoms with Gasteiger partial charge in [-0.05, 0) is 0 Å². The van der Waals surface area contributed by atoms with Gasteiger partial charge in [-0.1, -0.05) is 6.08 Å². The van der Waals surface area contributed by atoms with Gasteiger partial charge in [0.25, 0.3) is 0 Å². The topological polar surface area (TPSA) is 50.3 Å². The minimum atomic E-state index is 0.769. The molecule has 1 aliphatic heterocycles. The van der Waals surface area contributed by atoms with E-state index in [0.717, 1.165) is 56.0 Å². The van der Waals surface area contributed by atoms with Crippen molar-refractivity contribution >= 4 is 23.4 Å². The Morgan fingerprint density at radius 1 is 1.42 bits per heavy atom. The summed E-state index contributed by atoms with van der Waals surface area (Å²) in [7, 11) is 0. The summed E-state index contributed by atoms with van der Waals surface area (Å²) >= 11 is 1.85. The smallest absolute Gasteiger partial charge is 0.134 e. The zero-order valence-corrected chi connectivity index (χ0v) is 11.9. The van der Waals surface area contributed by atoms with Crippen LogP contribution in [0.3, 0.4) is 0 Å². The molecule has 0 atom stereocenters. The first-order chi connectivity index (χ1) is 9.40. The molecule has 5 nitrogen and oxygen atoms in total. The van der Waals surface area contributed by atoms with E-state index in [0.29, 0.717) is 0 Å². The maximum Gasteiger partial charge on any atom is 0.134 e. The molecule has 0 saturated carbocycles. The molecule has 1 N–H and O–H groups in total. The Labute approximate surface area is 118 Å². The van der Waals surface area contributed by atoms with Crippen molar-refractivity contribution in [2.75, 3.05) is 54.6 Å². The molecule has 0 aliphatic carbocycles. The number of morpholine rings is 1. The third kappa shape index (κ3) is 4.72. The van der Waals surface area contributed by atoms with Gasteiger partial charge in [0.2, 0.25) is 0 Å². The lowest BCUT2D eigenvalue weighted by atomic mass is 10.4. The number of hydrogen-bond acceptors (Lipinski definition) is 6. The summed E-state index contributed by atoms with van der Waals surface area (Å²) in [6.45, 7) is 7.93. The standard InChI is InChI=1S/C13H20N4OS/c1-2-8-19-9-3-14-12-10-13(16-11-15-12)17-4-6-18-7-5-17/h2,10-11H,1,3-9H2,(H,14,15,16). The molecule has 19 heavy (non-hydrogen) atoms. The molecule has 1 aromatic heterocycles. The van der Waals surface area contributed by atoms with Gasteiger partial charge in [0.05, 0.1) is 13.2 Å². The van der Waals surface area contributed by atoms with E-state index in [9.17, 15) is 0 Å². The lowest BCUT2D eigenvalue weighted by Crippen LogP contribution is -2.36. The van der Waals surface area contributed by atoms with Gasteiger partial charge in [-0.2, -0.15) is 11.8 Å². The Bertz CT molecular complexity index is 396. The molecule has 0 bridgehead atoms. The van der Waals surface area contributed by atoms with E-state index in [1.807, 2.05) is 23.9 Å². The van der Waals surface area contributed by atoms with Gasteiger partial charge in [0.15, 0.2) is 0 Å². The van der Waals surface area contributed by atoms with Gasteiger partial charge >= 0.3 is 0 Å². The summed E-state index contributed by atoms with van der Waals surface area (Å²) in [6, 6.07) is 2.00. The van der Waals surface area contributed by atoms with Crippen molar-refractivity contribution in [3.05, 3.63) is 25.0 Å². The van der Waals surface area contributed by atoms with E-state index in [4.69, 9.17) is 4.74 Å². The highest BCUT2D eigenvalue weighted by molar-refractivity contribution is 7.99. The molecule has 104 valence electrons. The molecule has 0 amide bonds. The third-order valence-corrected chi connectivity index (χ3v) is 3.74. The molecule has 2 heterocycles. The van der Waals surface area contributed by atoms with E-state index in [2.05, 4.69) is 26.8 Å². The normalized spacial score (nSPS) is 15.3. The van der Waals surface area contributed by atoms with E-state index < -0.39 is 0 Å². The Morgan fingerprint density at radius 3 is 3.05 bits per heavy atom. The number of rotatable bonds is 7. The first kappa shape index (κ1) is 14.1. The van der Waals surface area contributed by atoms with Crippen LogP contribution in [0.4, 0.5) is 11.6 Å². The van der Waals surface area contributed by atoms with Crippen LogP contribution in [-0.2, 0) is 4.74 Å². The van der Waals surface area contributed by atoms with Crippen molar-refractivity contribution in [1.82, 2.24) is 9.97 Å². The van der Waals surface area contributed by atoms with Crippen molar-refractivity contribution in [3.63, 3.8) is 0 Å². The molecule has 2 rings (SSSR count). The number of ether oxygens (including phenoxy) is 1. The molecule has 1 aliphatic rings. The lowest BCUT2D eigenvalue weighted by Gasteiger charge is -2.27. The number of aromatic nitrogens is 2. The minimum absolute atomic E-state index is 0.769. The predicted octanol–water partition coefficient (Wildman–Crippen LogP) is 1.64. The molecular weight excluding hydrogens is 260 g/mol. The van der Waals surface area contributed by atoms with E-state index in [-0.39, 0.29) is 0 Å². The highest BCUT2D eigenvalue weighted by Gasteiger charge is 2.12. The molecule has 0 aromatic carbocycles. The van der Waals surface area contributed by atoms with Crippen molar-refractivity contribution in [1.29, 1.82) is 0 Å². The molecular formula is C13H20N4OS. The lowest BCUT2D eigenvalue weighted by molar-refractivity contribution is 0.122. The predicted molar refractivity (Wildman–Crippen MR) is 81.1 cm³/mol. The van der Waals surface area contributed by atoms with Gasteiger partial charge in [-0.3, -0.25) is 0 Å². The zero-order chi connectivity index (χ0) is 13.3. The maximum atomic E-state index is 5.34. The first-order valence-corrected chi connectivity index (χ1v) is 7.63. The second-order valence-electron chi connectivity index (χ2n) is 4.15. The molecule has 1 saturated heterocycles. The zero-order valence-electron chi connectivity index (χ0n) is 11.0. The average molecular weight is 280 g/mol. The van der Waals surface area contributed by atoms with Crippen molar-refractivity contribution in [2.45, 2.75) is 0 Å². The summed E-state index contributed by atoms with van der Waals surface area (Å²) in [5.74, 6) is 3.89. The number of thioether (sulfide) groups is 1. The van der Waals surface area contributed by atoms with E-state index >= 15 is 0 Å². The van der Waals surface area contributed by atoms with Gasteiger partial charge in [-0.15, -0.1) is 6.58 Å². The van der Waals surface area contributed by atoms with Crippen molar-refractivity contribution < 1.29 is 4.74 Å². The largest absolute Gasteiger partial charge is 0.378 e. The molecule has 0 spiro atoms. The van der Waals surface area contributed by atoms with Crippen LogP contribution in [0.2, 0.25) is 0 Å². The monoisotopic (exact) mass is 280 g/mol. The third-order valence-electron chi connectivity index (χ3n) is 2.78. The first-order valence-electron chi connectivity index (χ1n) is 6.47. The van der Waals surface area contributed by atoms with Crippen LogP contribution in [0.1, 0.15) is 0 Å². The summed E-state index contributed by atoms with van der Waals surface area (Å²) in [5.41, 5.74) is 0. The fraction of sp³-hybridized carbons (Fsp3) is 0.538. The fourth-order valence-electron chi connectivity index (χ4n) is 1.83. The summed E-state index contributed by atoms with van der Waals surface area (Å²) < 4.78 is 5.34. The van der Waals surface area contributed by atoms with Crippen LogP contribution in [0.5, 0.6) is 0 Å². The Morgan fingerprint density at radius 2 is 2.26 bits per heavy atom. The van der Waals surface area contributed by atoms with E-state index in [1.165, 1.54) is 0 Å². The number of nitrogens with zero attached hydrogens (tertiary/aromatic N) is 3. The van der Waals surface area contributed by atoms with Crippen molar-refractivity contribution in [3.8, 4) is 0 Å². The molecule has 1 fully saturated rings. The van der Waals surface area contributed by atoms with Gasteiger partial charge in [-0.25, -0.2) is 9.97 Å². The highest BCUT2D eigenvalue weighted by Crippen LogP contribution is 2.15. The van der Waals surface area contributed by atoms with Crippen molar-refractivity contribution in [2.24, 2.45) is 0 Å². The Balaban J connectivity index is 1.82. The summed E-state index contributed by atoms with van der Waals surface area (Å²) in [5, 5.41) is 3.32. The summed E-state index contributed by atoms with van der Waals surface area (Å²) in [6.07, 6.45) is 3.54. The van der Waals surface area contributed by atoms with E-state index in [1.54, 1.807) is 6.33 Å². The second-order valence-corrected chi connectivity index (χ2v) is 5.30. The van der Waals surface area contributed by atoms with Crippen LogP contribution in [0, 0.1) is 0 Å². The molecule has 0 radical (unpaired) electrons. The highest BCUT2D eigenvalue weighted by atomic mass is 32.2. The van der Waals surface area contributed by atoms with Gasteiger partial charge in [0, 0.05) is 37.2 Å². The molecule has 1 aromatic rings. The second kappa shape index (κ2) is 8.01. The summed E-state index contributed by atoms with van der Waals surface area (Å²) in [4.78, 5) is 10.8. The van der Waals surface area contributed by atoms with Gasteiger partial charge in [0.1, 0.15) is 18.0 Å². The number of anilines is 2. The SMILES string of the molecule is C=CCSCCNc1cc(N2CCOCC2)ncn1. The van der Waals surface area contributed by atoms with Crippen LogP contribution < -0.4 is 10.2 Å². The number of nitrogens with one attached hydrogen (secondary N) is 1. The average Bonchev–Trinajstić information content (AvgIpc) is 2.48. The number of hydrogen-bond donors (Lipinski definition) is 1. The maximum absolute atomic E-state index is 5.34. The van der Waals surface area contributed by atoms with Crippen LogP contribution in [0.15, 0.2) is 25.0 Å².